The van der Waals surface area contributed by atoms with Crippen LogP contribution in [0, 0.1) is 6.92 Å². The van der Waals surface area contributed by atoms with E-state index < -0.39 is 27.5 Å². The summed E-state index contributed by atoms with van der Waals surface area (Å²) in [4.78, 5) is 17.5. The Labute approximate surface area is 231 Å². The number of hydrogen-bond donors (Lipinski definition) is 2. The number of sulfonamides is 1. The summed E-state index contributed by atoms with van der Waals surface area (Å²) < 4.78 is 34.4. The van der Waals surface area contributed by atoms with Crippen LogP contribution >= 0.6 is 0 Å². The predicted molar refractivity (Wildman–Crippen MR) is 152 cm³/mol. The maximum atomic E-state index is 13.4. The molecule has 0 fully saturated rings. The lowest BCUT2D eigenvalue weighted by atomic mass is 9.80. The number of anilines is 1. The van der Waals surface area contributed by atoms with E-state index in [4.69, 9.17) is 4.74 Å². The Morgan fingerprint density at radius 3 is 2.46 bits per heavy atom. The lowest BCUT2D eigenvalue weighted by Gasteiger charge is -2.38. The maximum Gasteiger partial charge on any atom is 0.338 e. The fourth-order valence-corrected chi connectivity index (χ4v) is 6.25. The van der Waals surface area contributed by atoms with Crippen LogP contribution in [0.15, 0.2) is 89.3 Å². The van der Waals surface area contributed by atoms with Crippen molar-refractivity contribution in [2.75, 3.05) is 4.72 Å². The zero-order chi connectivity index (χ0) is 28.0. The van der Waals surface area contributed by atoms with Gasteiger partial charge in [0.2, 0.25) is 0 Å². The molecule has 1 aromatic heterocycles. The molecule has 8 heteroatoms. The first kappa shape index (κ1) is 28.4. The number of aryl methyl sites for hydroxylation is 2. The average molecular weight is 549 g/mol. The Kier molecular flexibility index (Phi) is 8.75. The van der Waals surface area contributed by atoms with Crippen LogP contribution in [0.25, 0.3) is 0 Å². The van der Waals surface area contributed by atoms with Crippen LogP contribution in [0.1, 0.15) is 68.6 Å². The normalized spacial score (nSPS) is 18.5. The third kappa shape index (κ3) is 6.68. The Morgan fingerprint density at radius 2 is 1.82 bits per heavy atom. The molecule has 2 heterocycles. The van der Waals surface area contributed by atoms with Crippen LogP contribution in [0.2, 0.25) is 0 Å². The summed E-state index contributed by atoms with van der Waals surface area (Å²) in [5, 5.41) is 11.2. The summed E-state index contributed by atoms with van der Waals surface area (Å²) in [7, 11) is -3.89. The molecule has 1 aliphatic rings. The second-order valence-electron chi connectivity index (χ2n) is 10.2. The Morgan fingerprint density at radius 1 is 1.05 bits per heavy atom. The number of aliphatic hydroxyl groups is 1. The Bertz CT molecular complexity index is 1440. The molecule has 0 saturated carbocycles. The first-order valence-electron chi connectivity index (χ1n) is 13.4. The van der Waals surface area contributed by atoms with Crippen molar-refractivity contribution in [3.8, 4) is 0 Å². The van der Waals surface area contributed by atoms with Gasteiger partial charge in [-0.15, -0.1) is 0 Å². The van der Waals surface area contributed by atoms with E-state index in [1.165, 1.54) is 12.3 Å². The molecule has 0 radical (unpaired) electrons. The van der Waals surface area contributed by atoms with E-state index in [9.17, 15) is 18.3 Å². The highest BCUT2D eigenvalue weighted by Crippen LogP contribution is 2.42. The van der Waals surface area contributed by atoms with Gasteiger partial charge in [0.15, 0.2) is 5.03 Å². The number of pyridine rings is 1. The molecule has 0 amide bonds. The minimum Gasteiger partial charge on any atom is -0.512 e. The van der Waals surface area contributed by atoms with Crippen LogP contribution in [0.4, 0.5) is 5.69 Å². The van der Waals surface area contributed by atoms with Crippen molar-refractivity contribution < 1.29 is 23.1 Å². The van der Waals surface area contributed by atoms with E-state index >= 15 is 0 Å². The molecule has 2 atom stereocenters. The molecule has 0 spiro atoms. The molecule has 2 N–H and O–H groups in total. The Balaban J connectivity index is 1.58. The first-order valence-corrected chi connectivity index (χ1v) is 14.9. The minimum atomic E-state index is -3.89. The van der Waals surface area contributed by atoms with Crippen molar-refractivity contribution >= 4 is 21.7 Å². The maximum absolute atomic E-state index is 13.4. The van der Waals surface area contributed by atoms with Gasteiger partial charge in [0.25, 0.3) is 10.0 Å². The summed E-state index contributed by atoms with van der Waals surface area (Å²) in [6, 6.07) is 20.1. The number of rotatable bonds is 11. The molecule has 0 bridgehead atoms. The zero-order valence-electron chi connectivity index (χ0n) is 22.7. The van der Waals surface area contributed by atoms with Gasteiger partial charge in [0.05, 0.1) is 5.57 Å². The minimum absolute atomic E-state index is 0.0504. The number of aromatic nitrogens is 1. The van der Waals surface area contributed by atoms with Crippen LogP contribution in [-0.2, 0) is 26.0 Å². The molecule has 39 heavy (non-hydrogen) atoms. The number of ether oxygens (including phenoxy) is 1. The van der Waals surface area contributed by atoms with Gasteiger partial charge < -0.3 is 9.84 Å². The van der Waals surface area contributed by atoms with Crippen LogP contribution in [-0.4, -0.2) is 30.1 Å². The van der Waals surface area contributed by atoms with E-state index in [0.717, 1.165) is 24.0 Å². The van der Waals surface area contributed by atoms with Crippen molar-refractivity contribution in [1.29, 1.82) is 0 Å². The molecule has 2 aromatic carbocycles. The molecule has 7 nitrogen and oxygen atoms in total. The number of nitrogens with one attached hydrogen (secondary N) is 1. The molecule has 206 valence electrons. The van der Waals surface area contributed by atoms with Crippen LogP contribution in [0.5, 0.6) is 0 Å². The highest BCUT2D eigenvalue weighted by molar-refractivity contribution is 7.92. The molecule has 0 saturated heterocycles. The van der Waals surface area contributed by atoms with Crippen molar-refractivity contribution in [2.45, 2.75) is 75.8 Å². The second kappa shape index (κ2) is 12.0. The van der Waals surface area contributed by atoms with Crippen LogP contribution < -0.4 is 4.72 Å². The third-order valence-electron chi connectivity index (χ3n) is 7.20. The number of hydrogen-bond acceptors (Lipinski definition) is 6. The molecular weight excluding hydrogens is 512 g/mol. The van der Waals surface area contributed by atoms with E-state index in [1.54, 1.807) is 24.3 Å². The number of nitrogens with zero attached hydrogens (tertiary/aromatic N) is 1. The topological polar surface area (TPSA) is 106 Å². The van der Waals surface area contributed by atoms with E-state index in [2.05, 4.69) is 21.8 Å². The monoisotopic (exact) mass is 548 g/mol. The largest absolute Gasteiger partial charge is 0.512 e. The second-order valence-corrected chi connectivity index (χ2v) is 11.8. The SMILES string of the molecule is CCCC1(CCc2ccccc2)CC(O)=C(C(CC)c2cccc(NS(=O)(=O)c3ccc(C)cn3)c2)C(=O)O1. The number of carbonyl (C=O) groups excluding carboxylic acids is 1. The van der Waals surface area contributed by atoms with Crippen molar-refractivity contribution in [3.63, 3.8) is 0 Å². The lowest BCUT2D eigenvalue weighted by molar-refractivity contribution is -0.161. The predicted octanol–water partition coefficient (Wildman–Crippen LogP) is 6.62. The van der Waals surface area contributed by atoms with Crippen molar-refractivity contribution in [3.05, 3.63) is 101 Å². The van der Waals surface area contributed by atoms with Crippen molar-refractivity contribution in [1.82, 2.24) is 4.98 Å². The molecule has 0 aliphatic carbocycles. The average Bonchev–Trinajstić information content (AvgIpc) is 2.90. The first-order chi connectivity index (χ1) is 18.7. The van der Waals surface area contributed by atoms with Gasteiger partial charge in [-0.3, -0.25) is 4.72 Å². The summed E-state index contributed by atoms with van der Waals surface area (Å²) in [6.07, 6.45) is 5.12. The summed E-state index contributed by atoms with van der Waals surface area (Å²) in [5.41, 5.74) is 2.55. The summed E-state index contributed by atoms with van der Waals surface area (Å²) >= 11 is 0. The number of esters is 1. The van der Waals surface area contributed by atoms with Gasteiger partial charge in [0, 0.05) is 24.2 Å². The van der Waals surface area contributed by atoms with Crippen LogP contribution in [0.3, 0.4) is 0 Å². The number of carbonyl (C=O) groups is 1. The van der Waals surface area contributed by atoms with Gasteiger partial charge in [-0.25, -0.2) is 9.78 Å². The Hall–Kier alpha value is -3.65. The standard InChI is InChI=1S/C31H36N2O5S/c1-4-17-31(18-16-23-10-7-6-8-11-23)20-27(34)29(30(35)38-31)26(5-2)24-12-9-13-25(19-24)33-39(36,37)28-15-14-22(3)21-32-28/h6-15,19,21,26,33-34H,4-5,16-18,20H2,1-3H3. The van der Waals surface area contributed by atoms with Gasteiger partial charge >= 0.3 is 5.97 Å². The van der Waals surface area contributed by atoms with E-state index in [1.807, 2.05) is 45.0 Å². The fraction of sp³-hybridized carbons (Fsp3) is 0.355. The number of benzene rings is 2. The molecular formula is C31H36N2O5S. The van der Waals surface area contributed by atoms with E-state index in [-0.39, 0.29) is 22.8 Å². The zero-order valence-corrected chi connectivity index (χ0v) is 23.5. The number of cyclic esters (lactones) is 1. The highest BCUT2D eigenvalue weighted by atomic mass is 32.2. The highest BCUT2D eigenvalue weighted by Gasteiger charge is 2.43. The van der Waals surface area contributed by atoms with Gasteiger partial charge in [-0.05, 0) is 67.5 Å². The van der Waals surface area contributed by atoms with Gasteiger partial charge in [-0.2, -0.15) is 8.42 Å². The quantitative estimate of drug-likeness (QED) is 0.261. The van der Waals surface area contributed by atoms with Gasteiger partial charge in [0.1, 0.15) is 11.4 Å². The summed E-state index contributed by atoms with van der Waals surface area (Å²) in [5.74, 6) is -0.912. The molecule has 2 unspecified atom stereocenters. The fourth-order valence-electron chi connectivity index (χ4n) is 5.27. The third-order valence-corrected chi connectivity index (χ3v) is 8.50. The molecule has 4 rings (SSSR count). The molecule has 3 aromatic rings. The van der Waals surface area contributed by atoms with E-state index in [0.29, 0.717) is 30.5 Å². The smallest absolute Gasteiger partial charge is 0.338 e. The lowest BCUT2D eigenvalue weighted by Crippen LogP contribution is -2.41. The molecule has 1 aliphatic heterocycles. The van der Waals surface area contributed by atoms with Gasteiger partial charge in [-0.1, -0.05) is 68.8 Å². The number of aliphatic hydroxyl groups excluding tert-OH is 1. The van der Waals surface area contributed by atoms with Crippen molar-refractivity contribution in [2.24, 2.45) is 0 Å². The summed E-state index contributed by atoms with van der Waals surface area (Å²) in [6.45, 7) is 5.80.